The van der Waals surface area contributed by atoms with E-state index in [9.17, 15) is 18.8 Å². The molecule has 1 rings (SSSR count). The summed E-state index contributed by atoms with van der Waals surface area (Å²) in [5.74, 6) is -2.91. The summed E-state index contributed by atoms with van der Waals surface area (Å²) in [4.78, 5) is 32.8. The first-order valence-electron chi connectivity index (χ1n) is 5.68. The fraction of sp³-hybridized carbons (Fsp3) is 0.250. The molecule has 0 spiro atoms. The molecule has 0 aromatic heterocycles. The monoisotopic (exact) mass is 283 g/mol. The van der Waals surface area contributed by atoms with Crippen LogP contribution in [0.25, 0.3) is 0 Å². The third-order valence-corrected chi connectivity index (χ3v) is 2.34. The molecule has 5 N–H and O–H groups in total. The van der Waals surface area contributed by atoms with Gasteiger partial charge in [-0.3, -0.25) is 4.79 Å². The van der Waals surface area contributed by atoms with Gasteiger partial charge in [0.05, 0.1) is 5.56 Å². The number of carboxylic acids is 1. The maximum atomic E-state index is 13.4. The quantitative estimate of drug-likeness (QED) is 0.641. The summed E-state index contributed by atoms with van der Waals surface area (Å²) < 4.78 is 13.4. The van der Waals surface area contributed by atoms with E-state index >= 15 is 0 Å². The van der Waals surface area contributed by atoms with Crippen LogP contribution in [0.15, 0.2) is 18.2 Å². The Hall–Kier alpha value is -2.64. The van der Waals surface area contributed by atoms with Crippen molar-refractivity contribution >= 4 is 23.6 Å². The van der Waals surface area contributed by atoms with Crippen LogP contribution in [0.4, 0.5) is 14.9 Å². The number of hydrogen-bond acceptors (Lipinski definition) is 3. The number of benzene rings is 1. The van der Waals surface area contributed by atoms with Gasteiger partial charge in [0.25, 0.3) is 0 Å². The average Bonchev–Trinajstić information content (AvgIpc) is 2.26. The number of hydrogen-bond donors (Lipinski definition) is 4. The summed E-state index contributed by atoms with van der Waals surface area (Å²) in [6, 6.07) is 2.06. The minimum absolute atomic E-state index is 0.0280. The fourth-order valence-corrected chi connectivity index (χ4v) is 1.51. The molecule has 0 heterocycles. The molecule has 0 aliphatic rings. The molecular weight excluding hydrogens is 269 g/mol. The lowest BCUT2D eigenvalue weighted by molar-refractivity contribution is -0.118. The third kappa shape index (κ3) is 4.56. The third-order valence-electron chi connectivity index (χ3n) is 2.34. The molecule has 0 aliphatic heterocycles. The number of carbonyl (C=O) groups excluding carboxylic acids is 2. The van der Waals surface area contributed by atoms with E-state index in [1.807, 2.05) is 0 Å². The van der Waals surface area contributed by atoms with Gasteiger partial charge < -0.3 is 21.5 Å². The van der Waals surface area contributed by atoms with Crippen LogP contribution in [0.1, 0.15) is 23.7 Å². The maximum Gasteiger partial charge on any atom is 0.338 e. The Bertz CT molecular complexity index is 548. The molecule has 8 heteroatoms. The van der Waals surface area contributed by atoms with Gasteiger partial charge >= 0.3 is 12.0 Å². The van der Waals surface area contributed by atoms with E-state index in [-0.39, 0.29) is 12.1 Å². The highest BCUT2D eigenvalue weighted by Gasteiger charge is 2.13. The number of aromatic carboxylic acids is 1. The van der Waals surface area contributed by atoms with E-state index in [4.69, 9.17) is 10.8 Å². The number of nitrogens with one attached hydrogen (secondary N) is 2. The van der Waals surface area contributed by atoms with E-state index in [1.54, 1.807) is 6.92 Å². The largest absolute Gasteiger partial charge is 0.478 e. The van der Waals surface area contributed by atoms with Gasteiger partial charge in [-0.25, -0.2) is 14.0 Å². The highest BCUT2D eigenvalue weighted by atomic mass is 19.1. The zero-order valence-electron chi connectivity index (χ0n) is 10.6. The lowest BCUT2D eigenvalue weighted by Crippen LogP contribution is -2.38. The number of halogens is 1. The molecule has 1 unspecified atom stereocenters. The molecule has 7 nitrogen and oxygen atoms in total. The molecule has 0 saturated carbocycles. The molecule has 3 amide bonds. The zero-order chi connectivity index (χ0) is 15.3. The molecule has 1 atom stereocenters. The lowest BCUT2D eigenvalue weighted by Gasteiger charge is -2.13. The summed E-state index contributed by atoms with van der Waals surface area (Å²) >= 11 is 0. The van der Waals surface area contributed by atoms with E-state index in [0.29, 0.717) is 0 Å². The van der Waals surface area contributed by atoms with Gasteiger partial charge in [0.15, 0.2) is 0 Å². The van der Waals surface area contributed by atoms with Crippen molar-refractivity contribution in [3.63, 3.8) is 0 Å². The Morgan fingerprint density at radius 1 is 1.40 bits per heavy atom. The van der Waals surface area contributed by atoms with Gasteiger partial charge in [0.2, 0.25) is 5.91 Å². The van der Waals surface area contributed by atoms with Crippen LogP contribution >= 0.6 is 0 Å². The second kappa shape index (κ2) is 6.50. The minimum Gasteiger partial charge on any atom is -0.478 e. The van der Waals surface area contributed by atoms with Crippen molar-refractivity contribution in [2.45, 2.75) is 19.4 Å². The van der Waals surface area contributed by atoms with Gasteiger partial charge in [-0.2, -0.15) is 0 Å². The normalized spacial score (nSPS) is 11.5. The highest BCUT2D eigenvalue weighted by molar-refractivity contribution is 5.92. The first kappa shape index (κ1) is 15.4. The predicted molar refractivity (Wildman–Crippen MR) is 68.8 cm³/mol. The van der Waals surface area contributed by atoms with E-state index in [1.165, 1.54) is 6.07 Å². The number of anilines is 1. The van der Waals surface area contributed by atoms with Crippen LogP contribution in [-0.4, -0.2) is 29.1 Å². The van der Waals surface area contributed by atoms with Crippen molar-refractivity contribution < 1.29 is 23.9 Å². The Morgan fingerprint density at radius 3 is 2.55 bits per heavy atom. The number of carboxylic acid groups (broad SMARTS) is 1. The number of urea groups is 1. The van der Waals surface area contributed by atoms with E-state index in [2.05, 4.69) is 10.6 Å². The van der Waals surface area contributed by atoms with Gasteiger partial charge in [0, 0.05) is 18.2 Å². The molecular formula is C12H14FN3O4. The predicted octanol–water partition coefficient (Wildman–Crippen LogP) is 0.909. The molecule has 20 heavy (non-hydrogen) atoms. The van der Waals surface area contributed by atoms with Crippen LogP contribution in [0.2, 0.25) is 0 Å². The van der Waals surface area contributed by atoms with Crippen LogP contribution < -0.4 is 16.4 Å². The molecule has 0 radical (unpaired) electrons. The van der Waals surface area contributed by atoms with Gasteiger partial charge in [0.1, 0.15) is 5.82 Å². The standard InChI is InChI=1S/C12H14FN3O4/c1-6(4-10(14)17)15-12(20)16-7-2-3-8(11(18)19)9(13)5-7/h2-3,5-6H,4H2,1H3,(H2,14,17)(H,18,19)(H2,15,16,20). The van der Waals surface area contributed by atoms with Crippen LogP contribution in [0.5, 0.6) is 0 Å². The number of carbonyl (C=O) groups is 3. The maximum absolute atomic E-state index is 13.4. The minimum atomic E-state index is -1.39. The highest BCUT2D eigenvalue weighted by Crippen LogP contribution is 2.14. The van der Waals surface area contributed by atoms with Gasteiger partial charge in [-0.05, 0) is 25.1 Å². The van der Waals surface area contributed by atoms with Crippen LogP contribution in [0, 0.1) is 5.82 Å². The first-order valence-corrected chi connectivity index (χ1v) is 5.68. The Labute approximate surface area is 114 Å². The Kier molecular flexibility index (Phi) is 5.01. The first-order chi connectivity index (χ1) is 9.29. The molecule has 108 valence electrons. The molecule has 0 bridgehead atoms. The van der Waals surface area contributed by atoms with Gasteiger partial charge in [-0.15, -0.1) is 0 Å². The lowest BCUT2D eigenvalue weighted by atomic mass is 10.2. The number of primary amides is 1. The topological polar surface area (TPSA) is 122 Å². The smallest absolute Gasteiger partial charge is 0.338 e. The summed E-state index contributed by atoms with van der Waals surface area (Å²) in [7, 11) is 0. The Morgan fingerprint density at radius 2 is 2.05 bits per heavy atom. The average molecular weight is 283 g/mol. The summed E-state index contributed by atoms with van der Waals surface area (Å²) in [6.45, 7) is 1.58. The van der Waals surface area contributed by atoms with Crippen molar-refractivity contribution in [2.75, 3.05) is 5.32 Å². The summed E-state index contributed by atoms with van der Waals surface area (Å²) in [5.41, 5.74) is 4.58. The zero-order valence-corrected chi connectivity index (χ0v) is 10.6. The molecule has 0 saturated heterocycles. The van der Waals surface area contributed by atoms with Crippen molar-refractivity contribution in [2.24, 2.45) is 5.73 Å². The van der Waals surface area contributed by atoms with Crippen molar-refractivity contribution in [3.8, 4) is 0 Å². The number of nitrogens with two attached hydrogens (primary N) is 1. The summed E-state index contributed by atoms with van der Waals surface area (Å²) in [5, 5.41) is 13.4. The van der Waals surface area contributed by atoms with Crippen molar-refractivity contribution in [3.05, 3.63) is 29.6 Å². The molecule has 1 aromatic rings. The second-order valence-electron chi connectivity index (χ2n) is 4.17. The molecule has 0 aliphatic carbocycles. The summed E-state index contributed by atoms with van der Waals surface area (Å²) in [6.07, 6.45) is -0.0280. The van der Waals surface area contributed by atoms with E-state index < -0.39 is 35.3 Å². The van der Waals surface area contributed by atoms with Crippen molar-refractivity contribution in [1.82, 2.24) is 5.32 Å². The molecule has 1 aromatic carbocycles. The molecule has 0 fully saturated rings. The van der Waals surface area contributed by atoms with Crippen LogP contribution in [0.3, 0.4) is 0 Å². The number of rotatable bonds is 5. The SMILES string of the molecule is CC(CC(N)=O)NC(=O)Nc1ccc(C(=O)O)c(F)c1. The number of amides is 3. The van der Waals surface area contributed by atoms with E-state index in [0.717, 1.165) is 12.1 Å². The Balaban J connectivity index is 2.65. The van der Waals surface area contributed by atoms with Gasteiger partial charge in [-0.1, -0.05) is 0 Å². The van der Waals surface area contributed by atoms with Crippen LogP contribution in [-0.2, 0) is 4.79 Å². The fourth-order valence-electron chi connectivity index (χ4n) is 1.51. The second-order valence-corrected chi connectivity index (χ2v) is 4.17. The van der Waals surface area contributed by atoms with Crippen molar-refractivity contribution in [1.29, 1.82) is 0 Å².